The van der Waals surface area contributed by atoms with Crippen molar-refractivity contribution in [2.45, 2.75) is 20.3 Å². The number of rotatable bonds is 4. The topological polar surface area (TPSA) is 81.7 Å². The predicted octanol–water partition coefficient (Wildman–Crippen LogP) is 0.102. The van der Waals surface area contributed by atoms with Gasteiger partial charge in [0.15, 0.2) is 0 Å². The van der Waals surface area contributed by atoms with Gasteiger partial charge in [-0.2, -0.15) is 0 Å². The number of nitrogens with zero attached hydrogens (tertiary/aromatic N) is 1. The number of carboxylic acids is 1. The van der Waals surface area contributed by atoms with Gasteiger partial charge in [0.2, 0.25) is 0 Å². The average Bonchev–Trinajstić information content (AvgIpc) is 2.36. The molecule has 6 heteroatoms. The van der Waals surface area contributed by atoms with E-state index in [0.29, 0.717) is 19.5 Å². The van der Waals surface area contributed by atoms with Crippen molar-refractivity contribution in [2.75, 3.05) is 32.7 Å². The SMILES string of the molecule is CCC(C)(CNC(=O)N1CCNCC1)C(=O)O. The van der Waals surface area contributed by atoms with Crippen LogP contribution in [0.1, 0.15) is 20.3 Å². The normalized spacial score (nSPS) is 19.5. The van der Waals surface area contributed by atoms with Gasteiger partial charge in [-0.15, -0.1) is 0 Å². The zero-order valence-electron chi connectivity index (χ0n) is 10.5. The molecule has 0 radical (unpaired) electrons. The highest BCUT2D eigenvalue weighted by atomic mass is 16.4. The Morgan fingerprint density at radius 3 is 2.47 bits per heavy atom. The lowest BCUT2D eigenvalue weighted by atomic mass is 9.88. The predicted molar refractivity (Wildman–Crippen MR) is 63.9 cm³/mol. The van der Waals surface area contributed by atoms with Crippen LogP contribution in [0.5, 0.6) is 0 Å². The van der Waals surface area contributed by atoms with Crippen LogP contribution in [-0.4, -0.2) is 54.7 Å². The van der Waals surface area contributed by atoms with E-state index in [1.807, 2.05) is 6.92 Å². The summed E-state index contributed by atoms with van der Waals surface area (Å²) in [5.74, 6) is -0.874. The molecule has 0 aromatic carbocycles. The third-order valence-electron chi connectivity index (χ3n) is 3.33. The van der Waals surface area contributed by atoms with Gasteiger partial charge in [0, 0.05) is 32.7 Å². The molecule has 0 bridgehead atoms. The first-order chi connectivity index (χ1) is 7.99. The van der Waals surface area contributed by atoms with Crippen molar-refractivity contribution in [2.24, 2.45) is 5.41 Å². The fraction of sp³-hybridized carbons (Fsp3) is 0.818. The summed E-state index contributed by atoms with van der Waals surface area (Å²) in [6, 6.07) is -0.174. The monoisotopic (exact) mass is 243 g/mol. The number of piperazine rings is 1. The summed E-state index contributed by atoms with van der Waals surface area (Å²) >= 11 is 0. The van der Waals surface area contributed by atoms with E-state index in [1.54, 1.807) is 11.8 Å². The lowest BCUT2D eigenvalue weighted by molar-refractivity contribution is -0.147. The van der Waals surface area contributed by atoms with Gasteiger partial charge < -0.3 is 20.6 Å². The molecule has 0 aromatic rings. The minimum atomic E-state index is -0.885. The van der Waals surface area contributed by atoms with E-state index in [0.717, 1.165) is 13.1 Å². The number of urea groups is 1. The molecule has 98 valence electrons. The van der Waals surface area contributed by atoms with Crippen molar-refractivity contribution >= 4 is 12.0 Å². The highest BCUT2D eigenvalue weighted by molar-refractivity contribution is 5.78. The Kier molecular flexibility index (Phi) is 4.74. The van der Waals surface area contributed by atoms with Crippen LogP contribution >= 0.6 is 0 Å². The Morgan fingerprint density at radius 1 is 1.41 bits per heavy atom. The van der Waals surface area contributed by atoms with Crippen molar-refractivity contribution in [3.05, 3.63) is 0 Å². The Hall–Kier alpha value is -1.30. The van der Waals surface area contributed by atoms with Crippen molar-refractivity contribution in [3.63, 3.8) is 0 Å². The second-order valence-electron chi connectivity index (χ2n) is 4.62. The molecule has 17 heavy (non-hydrogen) atoms. The summed E-state index contributed by atoms with van der Waals surface area (Å²) in [4.78, 5) is 24.5. The van der Waals surface area contributed by atoms with Crippen LogP contribution in [0.2, 0.25) is 0 Å². The molecule has 0 saturated carbocycles. The highest BCUT2D eigenvalue weighted by Gasteiger charge is 2.32. The van der Waals surface area contributed by atoms with Gasteiger partial charge in [-0.05, 0) is 13.3 Å². The molecule has 0 spiro atoms. The van der Waals surface area contributed by atoms with Crippen molar-refractivity contribution in [3.8, 4) is 0 Å². The Balaban J connectivity index is 2.43. The summed E-state index contributed by atoms with van der Waals surface area (Å²) in [6.45, 7) is 6.54. The first-order valence-corrected chi connectivity index (χ1v) is 5.96. The molecule has 1 unspecified atom stereocenters. The molecule has 1 saturated heterocycles. The number of hydrogen-bond acceptors (Lipinski definition) is 3. The molecule has 0 aromatic heterocycles. The standard InChI is InChI=1S/C11H21N3O3/c1-3-11(2,9(15)16)8-13-10(17)14-6-4-12-5-7-14/h12H,3-8H2,1-2H3,(H,13,17)(H,15,16). The van der Waals surface area contributed by atoms with Gasteiger partial charge in [-0.25, -0.2) is 4.79 Å². The van der Waals surface area contributed by atoms with Crippen LogP contribution in [0.15, 0.2) is 0 Å². The maximum absolute atomic E-state index is 11.8. The number of carbonyl (C=O) groups is 2. The first-order valence-electron chi connectivity index (χ1n) is 5.96. The number of amides is 2. The van der Waals surface area contributed by atoms with Crippen LogP contribution in [0, 0.1) is 5.41 Å². The van der Waals surface area contributed by atoms with Crippen LogP contribution in [0.3, 0.4) is 0 Å². The average molecular weight is 243 g/mol. The zero-order valence-corrected chi connectivity index (χ0v) is 10.5. The van der Waals surface area contributed by atoms with Crippen LogP contribution in [0.4, 0.5) is 4.79 Å². The van der Waals surface area contributed by atoms with Crippen molar-refractivity contribution in [1.29, 1.82) is 0 Å². The van der Waals surface area contributed by atoms with Crippen molar-refractivity contribution in [1.82, 2.24) is 15.5 Å². The van der Waals surface area contributed by atoms with E-state index in [9.17, 15) is 9.59 Å². The molecular formula is C11H21N3O3. The molecule has 0 aliphatic carbocycles. The van der Waals surface area contributed by atoms with Crippen LogP contribution < -0.4 is 10.6 Å². The summed E-state index contributed by atoms with van der Waals surface area (Å²) in [5, 5.41) is 14.9. The fourth-order valence-electron chi connectivity index (χ4n) is 1.60. The van der Waals surface area contributed by atoms with E-state index >= 15 is 0 Å². The summed E-state index contributed by atoms with van der Waals surface area (Å²) in [5.41, 5.74) is -0.885. The molecule has 1 fully saturated rings. The molecular weight excluding hydrogens is 222 g/mol. The van der Waals surface area contributed by atoms with E-state index in [1.165, 1.54) is 0 Å². The molecule has 1 aliphatic rings. The molecule has 1 rings (SSSR count). The number of aliphatic carboxylic acids is 1. The molecule has 2 amide bonds. The molecule has 1 aliphatic heterocycles. The minimum absolute atomic E-state index is 0.168. The summed E-state index contributed by atoms with van der Waals surface area (Å²) in [6.07, 6.45) is 0.490. The molecule has 6 nitrogen and oxygen atoms in total. The largest absolute Gasteiger partial charge is 0.481 e. The lowest BCUT2D eigenvalue weighted by Crippen LogP contribution is -2.52. The number of carboxylic acid groups (broad SMARTS) is 1. The quantitative estimate of drug-likeness (QED) is 0.654. The summed E-state index contributed by atoms with van der Waals surface area (Å²) in [7, 11) is 0. The van der Waals surface area contributed by atoms with E-state index in [-0.39, 0.29) is 12.6 Å². The second-order valence-corrected chi connectivity index (χ2v) is 4.62. The maximum atomic E-state index is 11.8. The zero-order chi connectivity index (χ0) is 12.9. The van der Waals surface area contributed by atoms with E-state index in [4.69, 9.17) is 5.11 Å². The maximum Gasteiger partial charge on any atom is 0.317 e. The van der Waals surface area contributed by atoms with Crippen LogP contribution in [-0.2, 0) is 4.79 Å². The fourth-order valence-corrected chi connectivity index (χ4v) is 1.60. The van der Waals surface area contributed by atoms with Gasteiger partial charge in [0.25, 0.3) is 0 Å². The van der Waals surface area contributed by atoms with E-state index < -0.39 is 11.4 Å². The minimum Gasteiger partial charge on any atom is -0.481 e. The van der Waals surface area contributed by atoms with Crippen LogP contribution in [0.25, 0.3) is 0 Å². The molecule has 1 atom stereocenters. The van der Waals surface area contributed by atoms with Crippen molar-refractivity contribution < 1.29 is 14.7 Å². The Morgan fingerprint density at radius 2 is 2.00 bits per heavy atom. The third kappa shape index (κ3) is 3.59. The second kappa shape index (κ2) is 5.86. The Labute approximate surface area is 101 Å². The molecule has 1 heterocycles. The van der Waals surface area contributed by atoms with Gasteiger partial charge in [0.05, 0.1) is 5.41 Å². The van der Waals surface area contributed by atoms with Gasteiger partial charge in [-0.1, -0.05) is 6.92 Å². The van der Waals surface area contributed by atoms with Gasteiger partial charge in [-0.3, -0.25) is 4.79 Å². The summed E-state index contributed by atoms with van der Waals surface area (Å²) < 4.78 is 0. The van der Waals surface area contributed by atoms with E-state index in [2.05, 4.69) is 10.6 Å². The third-order valence-corrected chi connectivity index (χ3v) is 3.33. The number of hydrogen-bond donors (Lipinski definition) is 3. The van der Waals surface area contributed by atoms with Gasteiger partial charge >= 0.3 is 12.0 Å². The number of nitrogens with one attached hydrogen (secondary N) is 2. The molecule has 3 N–H and O–H groups in total. The highest BCUT2D eigenvalue weighted by Crippen LogP contribution is 2.19. The smallest absolute Gasteiger partial charge is 0.317 e. The van der Waals surface area contributed by atoms with Gasteiger partial charge in [0.1, 0.15) is 0 Å². The lowest BCUT2D eigenvalue weighted by Gasteiger charge is -2.30. The Bertz CT molecular complexity index is 290. The number of carbonyl (C=O) groups excluding carboxylic acids is 1. The first kappa shape index (κ1) is 13.8.